The average molecular weight is 239 g/mol. The topological polar surface area (TPSA) is 23.5 Å². The van der Waals surface area contributed by atoms with E-state index in [4.69, 9.17) is 0 Å². The maximum Gasteiger partial charge on any atom is 0.0555 e. The van der Waals surface area contributed by atoms with E-state index in [1.807, 2.05) is 0 Å². The van der Waals surface area contributed by atoms with Crippen LogP contribution in [0.4, 0.5) is 0 Å². The van der Waals surface area contributed by atoms with Gasteiger partial charge < -0.3 is 10.0 Å². The van der Waals surface area contributed by atoms with E-state index in [1.165, 1.54) is 25.7 Å². The Balaban J connectivity index is 2.07. The Labute approximate surface area is 106 Å². The van der Waals surface area contributed by atoms with Crippen LogP contribution in [0.15, 0.2) is 0 Å². The number of rotatable bonds is 2. The first kappa shape index (κ1) is 13.4. The Morgan fingerprint density at radius 1 is 1.06 bits per heavy atom. The van der Waals surface area contributed by atoms with Crippen molar-refractivity contribution in [3.63, 3.8) is 0 Å². The van der Waals surface area contributed by atoms with Gasteiger partial charge in [0.05, 0.1) is 6.10 Å². The zero-order valence-electron chi connectivity index (χ0n) is 11.9. The zero-order valence-corrected chi connectivity index (χ0v) is 11.9. The summed E-state index contributed by atoms with van der Waals surface area (Å²) in [4.78, 5) is 2.59. The summed E-state index contributed by atoms with van der Waals surface area (Å²) in [7, 11) is 2.28. The third kappa shape index (κ3) is 2.85. The monoisotopic (exact) mass is 239 g/mol. The Bertz CT molecular complexity index is 254. The van der Waals surface area contributed by atoms with E-state index in [9.17, 15) is 5.11 Å². The van der Waals surface area contributed by atoms with Crippen molar-refractivity contribution < 1.29 is 5.11 Å². The van der Waals surface area contributed by atoms with Crippen LogP contribution in [0.2, 0.25) is 0 Å². The van der Waals surface area contributed by atoms with Crippen LogP contribution in [-0.2, 0) is 0 Å². The lowest BCUT2D eigenvalue weighted by Crippen LogP contribution is -2.53. The lowest BCUT2D eigenvalue weighted by atomic mass is 9.68. The van der Waals surface area contributed by atoms with Gasteiger partial charge in [-0.15, -0.1) is 0 Å². The quantitative estimate of drug-likeness (QED) is 0.800. The molecule has 3 unspecified atom stereocenters. The van der Waals surface area contributed by atoms with Crippen molar-refractivity contribution in [1.29, 1.82) is 0 Å². The summed E-state index contributed by atoms with van der Waals surface area (Å²) in [6, 6.07) is 1.37. The molecule has 2 heteroatoms. The van der Waals surface area contributed by atoms with Gasteiger partial charge in [0.15, 0.2) is 0 Å². The maximum absolute atomic E-state index is 9.96. The Hall–Kier alpha value is -0.0800. The largest absolute Gasteiger partial charge is 0.393 e. The van der Waals surface area contributed by atoms with Crippen LogP contribution in [0.25, 0.3) is 0 Å². The van der Waals surface area contributed by atoms with Gasteiger partial charge in [-0.1, -0.05) is 27.2 Å². The predicted molar refractivity (Wildman–Crippen MR) is 72.0 cm³/mol. The molecule has 0 aromatic rings. The van der Waals surface area contributed by atoms with Crippen LogP contribution in [0, 0.1) is 11.3 Å². The molecule has 100 valence electrons. The Kier molecular flexibility index (Phi) is 3.84. The highest BCUT2D eigenvalue weighted by Gasteiger charge is 2.41. The highest BCUT2D eigenvalue weighted by molar-refractivity contribution is 4.94. The van der Waals surface area contributed by atoms with Gasteiger partial charge >= 0.3 is 0 Å². The molecule has 0 amide bonds. The van der Waals surface area contributed by atoms with E-state index in [0.717, 1.165) is 24.8 Å². The fourth-order valence-electron chi connectivity index (χ4n) is 3.65. The zero-order chi connectivity index (χ0) is 12.6. The maximum atomic E-state index is 9.96. The van der Waals surface area contributed by atoms with Crippen molar-refractivity contribution in [2.75, 3.05) is 7.05 Å². The molecule has 0 saturated heterocycles. The lowest BCUT2D eigenvalue weighted by Gasteiger charge is -2.50. The summed E-state index contributed by atoms with van der Waals surface area (Å²) in [6.07, 6.45) is 7.21. The SMILES string of the molecule is CN(C1CCC1)C1CC(O)CCC1C(C)(C)C. The molecule has 2 rings (SSSR count). The summed E-state index contributed by atoms with van der Waals surface area (Å²) in [5, 5.41) is 9.96. The summed E-state index contributed by atoms with van der Waals surface area (Å²) in [5.41, 5.74) is 0.364. The van der Waals surface area contributed by atoms with Crippen LogP contribution < -0.4 is 0 Å². The van der Waals surface area contributed by atoms with Crippen LogP contribution >= 0.6 is 0 Å². The second-order valence-corrected chi connectivity index (χ2v) is 7.26. The Morgan fingerprint density at radius 2 is 1.71 bits per heavy atom. The molecule has 2 fully saturated rings. The molecule has 0 heterocycles. The van der Waals surface area contributed by atoms with Crippen molar-refractivity contribution in [3.8, 4) is 0 Å². The molecule has 3 atom stereocenters. The van der Waals surface area contributed by atoms with Gasteiger partial charge in [0.2, 0.25) is 0 Å². The molecular formula is C15H29NO. The molecule has 2 nitrogen and oxygen atoms in total. The molecule has 0 aromatic heterocycles. The summed E-state index contributed by atoms with van der Waals surface area (Å²) < 4.78 is 0. The van der Waals surface area contributed by atoms with Gasteiger partial charge in [0.25, 0.3) is 0 Å². The minimum Gasteiger partial charge on any atom is -0.393 e. The molecular weight excluding hydrogens is 210 g/mol. The first-order valence-corrected chi connectivity index (χ1v) is 7.29. The number of hydrogen-bond donors (Lipinski definition) is 1. The number of aliphatic hydroxyl groups is 1. The van der Waals surface area contributed by atoms with Crippen LogP contribution in [0.5, 0.6) is 0 Å². The first-order valence-electron chi connectivity index (χ1n) is 7.29. The molecule has 2 aliphatic carbocycles. The van der Waals surface area contributed by atoms with E-state index >= 15 is 0 Å². The smallest absolute Gasteiger partial charge is 0.0555 e. The average Bonchev–Trinajstić information content (AvgIpc) is 2.12. The van der Waals surface area contributed by atoms with E-state index < -0.39 is 0 Å². The molecule has 2 saturated carbocycles. The lowest BCUT2D eigenvalue weighted by molar-refractivity contribution is -0.0297. The predicted octanol–water partition coefficient (Wildman–Crippen LogP) is 3.05. The standard InChI is InChI=1S/C15H29NO/c1-15(2,3)13-9-8-12(17)10-14(13)16(4)11-6-5-7-11/h11-14,17H,5-10H2,1-4H3. The third-order valence-electron chi connectivity index (χ3n) is 5.08. The van der Waals surface area contributed by atoms with E-state index in [0.29, 0.717) is 11.5 Å². The fourth-order valence-corrected chi connectivity index (χ4v) is 3.65. The number of nitrogens with zero attached hydrogens (tertiary/aromatic N) is 1. The summed E-state index contributed by atoms with van der Waals surface area (Å²) in [6.45, 7) is 7.07. The van der Waals surface area contributed by atoms with Gasteiger partial charge in [0, 0.05) is 12.1 Å². The molecule has 0 spiro atoms. The van der Waals surface area contributed by atoms with Crippen LogP contribution in [0.3, 0.4) is 0 Å². The minimum absolute atomic E-state index is 0.0684. The van der Waals surface area contributed by atoms with Crippen molar-refractivity contribution in [2.45, 2.75) is 77.5 Å². The van der Waals surface area contributed by atoms with Crippen molar-refractivity contribution in [1.82, 2.24) is 4.90 Å². The molecule has 0 bridgehead atoms. The molecule has 17 heavy (non-hydrogen) atoms. The molecule has 0 aromatic carbocycles. The highest BCUT2D eigenvalue weighted by atomic mass is 16.3. The second-order valence-electron chi connectivity index (χ2n) is 7.26. The fraction of sp³-hybridized carbons (Fsp3) is 1.00. The van der Waals surface area contributed by atoms with Gasteiger partial charge in [-0.3, -0.25) is 0 Å². The third-order valence-corrected chi connectivity index (χ3v) is 5.08. The number of hydrogen-bond acceptors (Lipinski definition) is 2. The van der Waals surface area contributed by atoms with E-state index in [2.05, 4.69) is 32.7 Å². The van der Waals surface area contributed by atoms with Gasteiger partial charge in [-0.2, -0.15) is 0 Å². The summed E-state index contributed by atoms with van der Waals surface area (Å²) in [5.74, 6) is 0.733. The molecule has 2 aliphatic rings. The van der Waals surface area contributed by atoms with Gasteiger partial charge in [0.1, 0.15) is 0 Å². The first-order chi connectivity index (χ1) is 7.89. The molecule has 1 N–H and O–H groups in total. The van der Waals surface area contributed by atoms with Crippen molar-refractivity contribution in [2.24, 2.45) is 11.3 Å². The Morgan fingerprint density at radius 3 is 2.18 bits per heavy atom. The molecule has 0 radical (unpaired) electrons. The minimum atomic E-state index is -0.0684. The van der Waals surface area contributed by atoms with Gasteiger partial charge in [-0.05, 0) is 50.5 Å². The van der Waals surface area contributed by atoms with E-state index in [-0.39, 0.29) is 6.10 Å². The van der Waals surface area contributed by atoms with Crippen LogP contribution in [-0.4, -0.2) is 35.2 Å². The normalized spacial score (nSPS) is 36.0. The second kappa shape index (κ2) is 4.89. The summed E-state index contributed by atoms with van der Waals surface area (Å²) >= 11 is 0. The highest BCUT2D eigenvalue weighted by Crippen LogP contribution is 2.42. The number of aliphatic hydroxyl groups excluding tert-OH is 1. The van der Waals surface area contributed by atoms with Crippen molar-refractivity contribution >= 4 is 0 Å². The van der Waals surface area contributed by atoms with Crippen LogP contribution in [0.1, 0.15) is 59.3 Å². The van der Waals surface area contributed by atoms with Crippen molar-refractivity contribution in [3.05, 3.63) is 0 Å². The molecule has 0 aliphatic heterocycles. The van der Waals surface area contributed by atoms with Gasteiger partial charge in [-0.25, -0.2) is 0 Å². The van der Waals surface area contributed by atoms with E-state index in [1.54, 1.807) is 0 Å².